The Balaban J connectivity index is 1.85. The van der Waals surface area contributed by atoms with E-state index >= 15 is 0 Å². The van der Waals surface area contributed by atoms with Crippen LogP contribution < -0.4 is 10.1 Å². The highest BCUT2D eigenvalue weighted by Gasteiger charge is 2.21. The number of hydrogen-bond donors (Lipinski definition) is 1. The minimum absolute atomic E-state index is 0.801. The third-order valence-corrected chi connectivity index (χ3v) is 2.53. The summed E-state index contributed by atoms with van der Waals surface area (Å²) in [7, 11) is 0. The molecular formula is C12H18N2O. The topological polar surface area (TPSA) is 34.1 Å². The SMILES string of the molecule is CCNCc1cc(OCC2CC2)ccn1. The molecule has 0 radical (unpaired) electrons. The zero-order valence-corrected chi connectivity index (χ0v) is 9.20. The van der Waals surface area contributed by atoms with Crippen molar-refractivity contribution in [1.82, 2.24) is 10.3 Å². The Morgan fingerprint density at radius 1 is 1.53 bits per heavy atom. The second kappa shape index (κ2) is 5.12. The van der Waals surface area contributed by atoms with E-state index in [2.05, 4.69) is 17.2 Å². The molecule has 15 heavy (non-hydrogen) atoms. The molecule has 1 heterocycles. The Morgan fingerprint density at radius 2 is 2.40 bits per heavy atom. The van der Waals surface area contributed by atoms with Crippen molar-refractivity contribution < 1.29 is 4.74 Å². The highest BCUT2D eigenvalue weighted by molar-refractivity contribution is 5.22. The van der Waals surface area contributed by atoms with Crippen molar-refractivity contribution in [3.05, 3.63) is 24.0 Å². The molecule has 3 nitrogen and oxygen atoms in total. The van der Waals surface area contributed by atoms with Crippen molar-refractivity contribution in [3.63, 3.8) is 0 Å². The molecule has 0 atom stereocenters. The van der Waals surface area contributed by atoms with Gasteiger partial charge in [0.25, 0.3) is 0 Å². The quantitative estimate of drug-likeness (QED) is 0.772. The molecule has 1 aliphatic rings. The van der Waals surface area contributed by atoms with Crippen LogP contribution in [0.5, 0.6) is 5.75 Å². The molecule has 82 valence electrons. The van der Waals surface area contributed by atoms with Gasteiger partial charge in [0.05, 0.1) is 12.3 Å². The van der Waals surface area contributed by atoms with Gasteiger partial charge in [0, 0.05) is 18.8 Å². The van der Waals surface area contributed by atoms with Crippen LogP contribution in [-0.2, 0) is 6.54 Å². The summed E-state index contributed by atoms with van der Waals surface area (Å²) in [5, 5.41) is 3.25. The summed E-state index contributed by atoms with van der Waals surface area (Å²) >= 11 is 0. The normalized spacial score (nSPS) is 15.3. The molecule has 1 saturated carbocycles. The van der Waals surface area contributed by atoms with E-state index in [0.717, 1.165) is 37.1 Å². The van der Waals surface area contributed by atoms with Crippen LogP contribution in [-0.4, -0.2) is 18.1 Å². The van der Waals surface area contributed by atoms with Crippen LogP contribution in [0.15, 0.2) is 18.3 Å². The first-order valence-electron chi connectivity index (χ1n) is 5.67. The highest BCUT2D eigenvalue weighted by Crippen LogP contribution is 2.29. The number of rotatable bonds is 6. The molecule has 1 aliphatic carbocycles. The van der Waals surface area contributed by atoms with Crippen molar-refractivity contribution in [2.45, 2.75) is 26.3 Å². The Bertz CT molecular complexity index is 310. The van der Waals surface area contributed by atoms with E-state index < -0.39 is 0 Å². The first-order chi connectivity index (χ1) is 7.38. The Labute approximate surface area is 90.9 Å². The van der Waals surface area contributed by atoms with E-state index in [9.17, 15) is 0 Å². The van der Waals surface area contributed by atoms with Gasteiger partial charge in [-0.2, -0.15) is 0 Å². The number of aromatic nitrogens is 1. The smallest absolute Gasteiger partial charge is 0.122 e. The minimum Gasteiger partial charge on any atom is -0.493 e. The maximum absolute atomic E-state index is 5.68. The van der Waals surface area contributed by atoms with Gasteiger partial charge >= 0.3 is 0 Å². The van der Waals surface area contributed by atoms with E-state index in [1.54, 1.807) is 0 Å². The average Bonchev–Trinajstić information content (AvgIpc) is 3.08. The predicted molar refractivity (Wildman–Crippen MR) is 59.8 cm³/mol. The molecule has 0 bridgehead atoms. The van der Waals surface area contributed by atoms with E-state index in [0.29, 0.717) is 0 Å². The molecule has 0 unspecified atom stereocenters. The lowest BCUT2D eigenvalue weighted by Gasteiger charge is -2.06. The molecule has 0 spiro atoms. The molecule has 0 amide bonds. The van der Waals surface area contributed by atoms with Gasteiger partial charge in [-0.05, 0) is 31.4 Å². The van der Waals surface area contributed by atoms with Crippen LogP contribution in [0.2, 0.25) is 0 Å². The zero-order chi connectivity index (χ0) is 10.5. The summed E-state index contributed by atoms with van der Waals surface area (Å²) in [6, 6.07) is 3.95. The van der Waals surface area contributed by atoms with Gasteiger partial charge in [0.1, 0.15) is 5.75 Å². The Morgan fingerprint density at radius 3 is 3.13 bits per heavy atom. The lowest BCUT2D eigenvalue weighted by Crippen LogP contribution is -2.12. The van der Waals surface area contributed by atoms with Crippen LogP contribution in [0.25, 0.3) is 0 Å². The predicted octanol–water partition coefficient (Wildman–Crippen LogP) is 1.98. The lowest BCUT2D eigenvalue weighted by atomic mass is 10.3. The van der Waals surface area contributed by atoms with Crippen LogP contribution in [0.3, 0.4) is 0 Å². The van der Waals surface area contributed by atoms with E-state index in [1.165, 1.54) is 12.8 Å². The van der Waals surface area contributed by atoms with Gasteiger partial charge in [-0.15, -0.1) is 0 Å². The van der Waals surface area contributed by atoms with E-state index in [4.69, 9.17) is 4.74 Å². The molecule has 1 aromatic rings. The van der Waals surface area contributed by atoms with Gasteiger partial charge in [-0.1, -0.05) is 6.92 Å². The zero-order valence-electron chi connectivity index (χ0n) is 9.20. The maximum atomic E-state index is 5.68. The maximum Gasteiger partial charge on any atom is 0.122 e. The van der Waals surface area contributed by atoms with Gasteiger partial charge in [0.2, 0.25) is 0 Å². The average molecular weight is 206 g/mol. The van der Waals surface area contributed by atoms with E-state index in [-0.39, 0.29) is 0 Å². The molecule has 1 aromatic heterocycles. The summed E-state index contributed by atoms with van der Waals surface area (Å²) in [5.74, 6) is 1.75. The Hall–Kier alpha value is -1.09. The molecule has 0 aromatic carbocycles. The van der Waals surface area contributed by atoms with Gasteiger partial charge in [0.15, 0.2) is 0 Å². The molecule has 2 rings (SSSR count). The molecule has 1 N–H and O–H groups in total. The Kier molecular flexibility index (Phi) is 3.56. The number of nitrogens with zero attached hydrogens (tertiary/aromatic N) is 1. The fourth-order valence-corrected chi connectivity index (χ4v) is 1.39. The fraction of sp³-hybridized carbons (Fsp3) is 0.583. The summed E-state index contributed by atoms with van der Waals surface area (Å²) < 4.78 is 5.68. The second-order valence-electron chi connectivity index (χ2n) is 4.02. The molecular weight excluding hydrogens is 188 g/mol. The second-order valence-corrected chi connectivity index (χ2v) is 4.02. The molecule has 3 heteroatoms. The van der Waals surface area contributed by atoms with Gasteiger partial charge in [-0.25, -0.2) is 0 Å². The van der Waals surface area contributed by atoms with Crippen molar-refractivity contribution >= 4 is 0 Å². The van der Waals surface area contributed by atoms with Crippen LogP contribution in [0.1, 0.15) is 25.5 Å². The first kappa shape index (κ1) is 10.4. The number of nitrogens with one attached hydrogen (secondary N) is 1. The largest absolute Gasteiger partial charge is 0.493 e. The monoisotopic (exact) mass is 206 g/mol. The third kappa shape index (κ3) is 3.51. The van der Waals surface area contributed by atoms with Crippen molar-refractivity contribution in [1.29, 1.82) is 0 Å². The lowest BCUT2D eigenvalue weighted by molar-refractivity contribution is 0.299. The van der Waals surface area contributed by atoms with Gasteiger partial charge in [-0.3, -0.25) is 4.98 Å². The van der Waals surface area contributed by atoms with Crippen molar-refractivity contribution in [2.24, 2.45) is 5.92 Å². The van der Waals surface area contributed by atoms with E-state index in [1.807, 2.05) is 18.3 Å². The first-order valence-corrected chi connectivity index (χ1v) is 5.67. The minimum atomic E-state index is 0.801. The number of ether oxygens (including phenoxy) is 1. The molecule has 0 aliphatic heterocycles. The van der Waals surface area contributed by atoms with Crippen LogP contribution >= 0.6 is 0 Å². The number of hydrogen-bond acceptors (Lipinski definition) is 3. The highest BCUT2D eigenvalue weighted by atomic mass is 16.5. The van der Waals surface area contributed by atoms with Crippen LogP contribution in [0.4, 0.5) is 0 Å². The number of pyridine rings is 1. The van der Waals surface area contributed by atoms with Crippen molar-refractivity contribution in [3.8, 4) is 5.75 Å². The standard InChI is InChI=1S/C12H18N2O/c1-2-13-8-11-7-12(5-6-14-11)15-9-10-3-4-10/h5-7,10,13H,2-4,8-9H2,1H3. The van der Waals surface area contributed by atoms with Crippen molar-refractivity contribution in [2.75, 3.05) is 13.2 Å². The fourth-order valence-electron chi connectivity index (χ4n) is 1.39. The summed E-state index contributed by atoms with van der Waals surface area (Å²) in [6.07, 6.45) is 4.47. The summed E-state index contributed by atoms with van der Waals surface area (Å²) in [4.78, 5) is 4.28. The summed E-state index contributed by atoms with van der Waals surface area (Å²) in [5.41, 5.74) is 1.05. The molecule has 1 fully saturated rings. The summed E-state index contributed by atoms with van der Waals surface area (Å²) in [6.45, 7) is 4.74. The van der Waals surface area contributed by atoms with Gasteiger partial charge < -0.3 is 10.1 Å². The van der Waals surface area contributed by atoms with Crippen LogP contribution in [0, 0.1) is 5.92 Å². The third-order valence-electron chi connectivity index (χ3n) is 2.53. The molecule has 0 saturated heterocycles.